The Kier molecular flexibility index (Phi) is 13.9. The summed E-state index contributed by atoms with van der Waals surface area (Å²) in [6.07, 6.45) is 6.12. The van der Waals surface area contributed by atoms with Crippen LogP contribution in [0.4, 0.5) is 0 Å². The van der Waals surface area contributed by atoms with Gasteiger partial charge in [0.1, 0.15) is 0 Å². The molecule has 1 saturated carbocycles. The molecule has 55 heavy (non-hydrogen) atoms. The summed E-state index contributed by atoms with van der Waals surface area (Å²) in [6, 6.07) is 40.8. The zero-order valence-corrected chi connectivity index (χ0v) is 38.3. The number of thiophene rings is 1. The van der Waals surface area contributed by atoms with Crippen LogP contribution in [0.25, 0.3) is 16.7 Å². The molecule has 4 aliphatic rings. The first-order valence-corrected chi connectivity index (χ1v) is 21.7. The average molecular weight is 861 g/mol. The predicted octanol–water partition coefficient (Wildman–Crippen LogP) is 7.62. The molecular weight excluding hydrogens is 807 g/mol. The van der Waals surface area contributed by atoms with Crippen molar-refractivity contribution in [1.82, 2.24) is 0 Å². The van der Waals surface area contributed by atoms with Gasteiger partial charge in [0.25, 0.3) is 0 Å². The molecule has 7 atom stereocenters. The Morgan fingerprint density at radius 2 is 1.31 bits per heavy atom. The van der Waals surface area contributed by atoms with E-state index >= 15 is 0 Å². The van der Waals surface area contributed by atoms with Gasteiger partial charge < -0.3 is 24.8 Å². The van der Waals surface area contributed by atoms with Crippen molar-refractivity contribution in [2.24, 2.45) is 40.4 Å². The van der Waals surface area contributed by atoms with Crippen LogP contribution in [0.5, 0.6) is 0 Å². The first-order chi connectivity index (χ1) is 25.5. The third kappa shape index (κ3) is 7.52. The van der Waals surface area contributed by atoms with Crippen LogP contribution in [-0.4, -0.2) is 3.21 Å². The van der Waals surface area contributed by atoms with Crippen molar-refractivity contribution in [3.05, 3.63) is 183 Å². The van der Waals surface area contributed by atoms with Gasteiger partial charge in [-0.2, -0.15) is 23.3 Å². The van der Waals surface area contributed by atoms with Crippen LogP contribution in [0, 0.1) is 46.3 Å². The molecule has 0 amide bonds. The molecule has 5 aromatic rings. The van der Waals surface area contributed by atoms with E-state index in [1.54, 1.807) is 39.5 Å². The van der Waals surface area contributed by atoms with Crippen LogP contribution in [0.3, 0.4) is 0 Å². The minimum absolute atomic E-state index is 0. The number of allylic oxidation sites excluding steroid dienone is 6. The quantitative estimate of drug-likeness (QED) is 0.164. The molecule has 1 aromatic heterocycles. The van der Waals surface area contributed by atoms with Crippen LogP contribution >= 0.6 is 11.3 Å². The Morgan fingerprint density at radius 3 is 1.89 bits per heavy atom. The minimum Gasteiger partial charge on any atom is -0.201 e. The number of benzene rings is 3. The van der Waals surface area contributed by atoms with Gasteiger partial charge in [-0.3, -0.25) is 0 Å². The van der Waals surface area contributed by atoms with E-state index in [1.807, 2.05) is 0 Å². The van der Waals surface area contributed by atoms with Gasteiger partial charge in [0.2, 0.25) is 0 Å². The molecule has 0 bridgehead atoms. The van der Waals surface area contributed by atoms with E-state index in [2.05, 4.69) is 194 Å². The number of hydrogen-bond donors (Lipinski definition) is 0. The van der Waals surface area contributed by atoms with E-state index in [9.17, 15) is 0 Å². The summed E-state index contributed by atoms with van der Waals surface area (Å²) in [5, 5.41) is 4.26. The van der Waals surface area contributed by atoms with Crippen molar-refractivity contribution in [3.63, 3.8) is 0 Å². The Hall–Kier alpha value is -2.87. The second kappa shape index (κ2) is 17.7. The van der Waals surface area contributed by atoms with Crippen molar-refractivity contribution in [1.29, 1.82) is 0 Å². The van der Waals surface area contributed by atoms with Gasteiger partial charge in [-0.15, -0.1) is 30.7 Å². The van der Waals surface area contributed by atoms with Crippen molar-refractivity contribution in [2.45, 2.75) is 61.8 Å². The fraction of sp³-hybridized carbons (Fsp3) is 0.314. The maximum absolute atomic E-state index is 2.63. The second-order valence-electron chi connectivity index (χ2n) is 16.3. The molecule has 0 radical (unpaired) electrons. The maximum Gasteiger partial charge on any atom is -0.0501 e. The van der Waals surface area contributed by atoms with Crippen LogP contribution in [-0.2, 0) is 30.7 Å². The van der Waals surface area contributed by atoms with Crippen LogP contribution in [0.15, 0.2) is 155 Å². The van der Waals surface area contributed by atoms with E-state index in [0.29, 0.717) is 29.6 Å². The third-order valence-electron chi connectivity index (χ3n) is 14.2. The molecule has 4 aromatic carbocycles. The summed E-state index contributed by atoms with van der Waals surface area (Å²) in [5.74, 6) is 4.93. The van der Waals surface area contributed by atoms with E-state index in [-0.39, 0.29) is 35.6 Å². The van der Waals surface area contributed by atoms with Gasteiger partial charge in [-0.25, -0.2) is 17.3 Å². The first-order valence-electron chi connectivity index (χ1n) is 19.5. The van der Waals surface area contributed by atoms with Gasteiger partial charge >= 0.3 is 99.2 Å². The molecule has 7 unspecified atom stereocenters. The normalized spacial score (nSPS) is 27.1. The Balaban J connectivity index is 0.000000185. The molecule has 9 rings (SSSR count). The van der Waals surface area contributed by atoms with Gasteiger partial charge in [0.05, 0.1) is 0 Å². The van der Waals surface area contributed by atoms with E-state index in [0.717, 1.165) is 6.42 Å². The number of fused-ring (bicyclic) bond motifs is 6. The second-order valence-corrected chi connectivity index (χ2v) is 18.3. The SMILES string of the molecule is C[C-]1C2=C3Cc4ccccc4C3=C3C=CC(C)C(C)C3(C)C2(C)C(C)C(C)C1C.[Cl-].[Cl-].[Zr+2]=[C](c1ccccc1)c1ccccc1.c1cc[c-](-c2ccsc2)c1. The third-order valence-corrected chi connectivity index (χ3v) is 16.3. The van der Waals surface area contributed by atoms with Gasteiger partial charge in [-0.1, -0.05) is 130 Å². The average Bonchev–Trinajstić information content (AvgIpc) is 3.99. The van der Waals surface area contributed by atoms with Crippen molar-refractivity contribution >= 4 is 20.1 Å². The summed E-state index contributed by atoms with van der Waals surface area (Å²) < 4.78 is 1.42. The standard InChI is InChI=1S/C29H37.C13H10.C9H7S.2ClH.Zr/c1-16-13-14-25-26-23-12-10-9-11-22(23)15-24(26)27-19(4)17(2)18(3)21(6)29(27,8)28(25,7)20(16)5;1-3-7-12(8-4-1)11-13-9-5-2-6-10-13;1-2-4-8(3-1)9-5-6-10-7-9;;;/h9-14,16-18,20-21H,15H2,1-8H3;1-10H;1-7H;2*1H;/q-1;;-1;;;+2/p-2. The van der Waals surface area contributed by atoms with Crippen molar-refractivity contribution in [3.8, 4) is 11.1 Å². The molecule has 0 spiro atoms. The molecule has 4 aliphatic carbocycles. The fourth-order valence-electron chi connectivity index (χ4n) is 10.2. The summed E-state index contributed by atoms with van der Waals surface area (Å²) >= 11 is 3.20. The minimum atomic E-state index is 0. The first kappa shape index (κ1) is 43.3. The molecule has 1 heterocycles. The van der Waals surface area contributed by atoms with E-state index in [1.165, 1.54) is 60.8 Å². The number of hydrogen-bond acceptors (Lipinski definition) is 1. The zero-order chi connectivity index (χ0) is 37.5. The molecule has 284 valence electrons. The molecule has 0 saturated heterocycles. The molecular formula is C51H54Cl2SZr-2. The Morgan fingerprint density at radius 1 is 0.727 bits per heavy atom. The number of rotatable bonds is 3. The van der Waals surface area contributed by atoms with Gasteiger partial charge in [0, 0.05) is 5.41 Å². The van der Waals surface area contributed by atoms with Crippen molar-refractivity contribution in [2.75, 3.05) is 0 Å². The van der Waals surface area contributed by atoms with Crippen LogP contribution in [0.2, 0.25) is 0 Å². The van der Waals surface area contributed by atoms with Crippen LogP contribution in [0.1, 0.15) is 77.6 Å². The number of halogens is 2. The summed E-state index contributed by atoms with van der Waals surface area (Å²) in [4.78, 5) is 0. The zero-order valence-electron chi connectivity index (χ0n) is 33.5. The summed E-state index contributed by atoms with van der Waals surface area (Å²) in [5.41, 5.74) is 15.2. The molecule has 0 N–H and O–H groups in total. The summed E-state index contributed by atoms with van der Waals surface area (Å²) in [7, 11) is 0. The maximum atomic E-state index is 2.63. The van der Waals surface area contributed by atoms with Gasteiger partial charge in [-0.05, 0) is 34.7 Å². The predicted molar refractivity (Wildman–Crippen MR) is 226 cm³/mol. The fourth-order valence-corrected chi connectivity index (χ4v) is 11.7. The topological polar surface area (TPSA) is 0 Å². The van der Waals surface area contributed by atoms with E-state index < -0.39 is 0 Å². The Labute approximate surface area is 362 Å². The largest absolute Gasteiger partial charge is 0.201 e. The van der Waals surface area contributed by atoms with Crippen molar-refractivity contribution < 1.29 is 49.0 Å². The monoisotopic (exact) mass is 858 g/mol. The molecule has 4 heteroatoms. The molecule has 1 fully saturated rings. The summed E-state index contributed by atoms with van der Waals surface area (Å²) in [6.45, 7) is 20.2. The van der Waals surface area contributed by atoms with Gasteiger partial charge in [0.15, 0.2) is 0 Å². The van der Waals surface area contributed by atoms with Crippen LogP contribution < -0.4 is 24.8 Å². The molecule has 0 aliphatic heterocycles. The molecule has 0 nitrogen and oxygen atoms in total. The van der Waals surface area contributed by atoms with E-state index in [4.69, 9.17) is 0 Å². The Bertz CT molecular complexity index is 2070. The smallest absolute Gasteiger partial charge is 0.0501 e.